The fourth-order valence-corrected chi connectivity index (χ4v) is 3.00. The third-order valence-electron chi connectivity index (χ3n) is 4.98. The van der Waals surface area contributed by atoms with E-state index in [0.717, 1.165) is 0 Å². The number of rotatable bonds is 3. The van der Waals surface area contributed by atoms with Crippen LogP contribution in [0.5, 0.6) is 0 Å². The maximum atomic E-state index is 12.4. The topological polar surface area (TPSA) is 119 Å². The van der Waals surface area contributed by atoms with Crippen LogP contribution in [0.25, 0.3) is 0 Å². The fourth-order valence-electron chi connectivity index (χ4n) is 3.00. The highest BCUT2D eigenvalue weighted by Crippen LogP contribution is 2.39. The van der Waals surface area contributed by atoms with Gasteiger partial charge in [-0.15, -0.1) is 0 Å². The van der Waals surface area contributed by atoms with Crippen molar-refractivity contribution in [3.05, 3.63) is 36.0 Å². The highest BCUT2D eigenvalue weighted by molar-refractivity contribution is 5.93. The third-order valence-corrected chi connectivity index (χ3v) is 4.98. The number of fused-ring (bicyclic) bond motifs is 1. The molecular weight excluding hydrogens is 356 g/mol. The summed E-state index contributed by atoms with van der Waals surface area (Å²) in [4.78, 5) is 36.6. The molecule has 8 heteroatoms. The summed E-state index contributed by atoms with van der Waals surface area (Å²) in [5.41, 5.74) is -1.67. The predicted molar refractivity (Wildman–Crippen MR) is 93.1 cm³/mol. The first-order valence-corrected chi connectivity index (χ1v) is 8.44. The summed E-state index contributed by atoms with van der Waals surface area (Å²) in [6.45, 7) is 12.7. The molecule has 0 saturated carbocycles. The molecule has 0 aromatic carbocycles. The number of cyclic esters (lactones) is 1. The fraction of sp³-hybridized carbons (Fsp3) is 0.526. The van der Waals surface area contributed by atoms with Gasteiger partial charge in [0, 0.05) is 16.7 Å². The second kappa shape index (κ2) is 7.28. The van der Waals surface area contributed by atoms with Crippen LogP contribution in [0.1, 0.15) is 27.7 Å². The summed E-state index contributed by atoms with van der Waals surface area (Å²) >= 11 is 0. The maximum Gasteiger partial charge on any atom is 0.334 e. The lowest BCUT2D eigenvalue weighted by molar-refractivity contribution is -0.208. The van der Waals surface area contributed by atoms with Crippen molar-refractivity contribution in [2.45, 2.75) is 57.7 Å². The van der Waals surface area contributed by atoms with Gasteiger partial charge in [-0.3, -0.25) is 0 Å². The van der Waals surface area contributed by atoms with Gasteiger partial charge in [0.05, 0.1) is 12.0 Å². The summed E-state index contributed by atoms with van der Waals surface area (Å²) in [6.07, 6.45) is -4.02. The average molecular weight is 380 g/mol. The molecule has 2 N–H and O–H groups in total. The number of hydrogen-bond acceptors (Lipinski definition) is 8. The molecule has 27 heavy (non-hydrogen) atoms. The minimum absolute atomic E-state index is 0.0232. The molecule has 2 aliphatic rings. The summed E-state index contributed by atoms with van der Waals surface area (Å²) in [5.74, 6) is -3.33. The van der Waals surface area contributed by atoms with Crippen molar-refractivity contribution in [3.63, 3.8) is 0 Å². The van der Waals surface area contributed by atoms with Crippen molar-refractivity contribution in [3.8, 4) is 0 Å². The number of carbonyl (C=O) groups excluding carboxylic acids is 3. The molecule has 8 nitrogen and oxygen atoms in total. The molecule has 2 rings (SSSR count). The second-order valence-electron chi connectivity index (χ2n) is 7.12. The zero-order valence-electron chi connectivity index (χ0n) is 15.7. The molecule has 0 radical (unpaired) electrons. The van der Waals surface area contributed by atoms with Gasteiger partial charge in [0.15, 0.2) is 5.60 Å². The van der Waals surface area contributed by atoms with Crippen LogP contribution in [0.4, 0.5) is 0 Å². The highest BCUT2D eigenvalue weighted by Gasteiger charge is 2.55. The second-order valence-corrected chi connectivity index (χ2v) is 7.12. The average Bonchev–Trinajstić information content (AvgIpc) is 2.85. The number of esters is 3. The zero-order chi connectivity index (χ0) is 20.7. The van der Waals surface area contributed by atoms with Crippen LogP contribution in [0.3, 0.4) is 0 Å². The van der Waals surface area contributed by atoms with E-state index in [0.29, 0.717) is 0 Å². The van der Waals surface area contributed by atoms with Crippen LogP contribution in [-0.4, -0.2) is 58.1 Å². The van der Waals surface area contributed by atoms with Gasteiger partial charge in [0.25, 0.3) is 0 Å². The largest absolute Gasteiger partial charge is 0.455 e. The number of hydrogen-bond donors (Lipinski definition) is 2. The molecule has 0 aromatic heterocycles. The third kappa shape index (κ3) is 3.68. The smallest absolute Gasteiger partial charge is 0.334 e. The van der Waals surface area contributed by atoms with E-state index >= 15 is 0 Å². The number of carbonyl (C=O) groups is 3. The standard InChI is InChI=1S/C19H24O8/c1-8(2)16(22)26-14-13-10(4)18(24)25-12(13)7-9(3)17(23)27-19(6,11(5)20)15(14)21/h7,11-15,20-21H,1,4H2,2-3,5-6H3/b9-7-/t11-,12+,13-,14-,15-,19-/m0/s1. The number of ether oxygens (including phenoxy) is 3. The zero-order valence-corrected chi connectivity index (χ0v) is 15.7. The van der Waals surface area contributed by atoms with Crippen molar-refractivity contribution < 1.29 is 38.8 Å². The minimum atomic E-state index is -1.83. The van der Waals surface area contributed by atoms with Gasteiger partial charge in [-0.1, -0.05) is 13.2 Å². The molecule has 0 aliphatic carbocycles. The molecular formula is C19H24O8. The van der Waals surface area contributed by atoms with Crippen molar-refractivity contribution in [2.75, 3.05) is 0 Å². The summed E-state index contributed by atoms with van der Waals surface area (Å²) < 4.78 is 16.0. The van der Waals surface area contributed by atoms with E-state index in [4.69, 9.17) is 14.2 Å². The van der Waals surface area contributed by atoms with Crippen molar-refractivity contribution >= 4 is 17.9 Å². The Morgan fingerprint density at radius 1 is 1.37 bits per heavy atom. The molecule has 148 valence electrons. The Morgan fingerprint density at radius 3 is 2.48 bits per heavy atom. The van der Waals surface area contributed by atoms with E-state index in [9.17, 15) is 24.6 Å². The van der Waals surface area contributed by atoms with Crippen LogP contribution in [-0.2, 0) is 28.6 Å². The minimum Gasteiger partial charge on any atom is -0.455 e. The van der Waals surface area contributed by atoms with Crippen LogP contribution in [0, 0.1) is 5.92 Å². The monoisotopic (exact) mass is 380 g/mol. The summed E-state index contributed by atoms with van der Waals surface area (Å²) in [5, 5.41) is 21.2. The van der Waals surface area contributed by atoms with Gasteiger partial charge in [-0.2, -0.15) is 0 Å². The van der Waals surface area contributed by atoms with Crippen LogP contribution < -0.4 is 0 Å². The van der Waals surface area contributed by atoms with E-state index < -0.39 is 53.8 Å². The molecule has 1 fully saturated rings. The Hall–Kier alpha value is -2.45. The maximum absolute atomic E-state index is 12.4. The molecule has 0 amide bonds. The molecule has 1 saturated heterocycles. The van der Waals surface area contributed by atoms with E-state index in [-0.39, 0.29) is 16.7 Å². The van der Waals surface area contributed by atoms with Crippen LogP contribution >= 0.6 is 0 Å². The van der Waals surface area contributed by atoms with Gasteiger partial charge >= 0.3 is 17.9 Å². The lowest BCUT2D eigenvalue weighted by atomic mass is 9.80. The Morgan fingerprint density at radius 2 is 1.96 bits per heavy atom. The highest BCUT2D eigenvalue weighted by atomic mass is 16.6. The summed E-state index contributed by atoms with van der Waals surface area (Å²) in [6, 6.07) is 0. The molecule has 6 atom stereocenters. The Balaban J connectivity index is 2.64. The molecule has 2 heterocycles. The summed E-state index contributed by atoms with van der Waals surface area (Å²) in [7, 11) is 0. The Labute approximate surface area is 157 Å². The first-order valence-electron chi connectivity index (χ1n) is 8.44. The van der Waals surface area contributed by atoms with E-state index in [1.807, 2.05) is 0 Å². The molecule has 0 bridgehead atoms. The molecule has 0 unspecified atom stereocenters. The molecule has 0 spiro atoms. The van der Waals surface area contributed by atoms with Crippen molar-refractivity contribution in [1.82, 2.24) is 0 Å². The van der Waals surface area contributed by atoms with E-state index in [1.54, 1.807) is 0 Å². The van der Waals surface area contributed by atoms with Crippen molar-refractivity contribution in [1.29, 1.82) is 0 Å². The first-order chi connectivity index (χ1) is 12.4. The van der Waals surface area contributed by atoms with Gasteiger partial charge in [-0.25, -0.2) is 14.4 Å². The van der Waals surface area contributed by atoms with Gasteiger partial charge in [0.1, 0.15) is 18.3 Å². The Kier molecular flexibility index (Phi) is 5.63. The van der Waals surface area contributed by atoms with Crippen LogP contribution in [0.15, 0.2) is 36.0 Å². The normalized spacial score (nSPS) is 36.8. The lowest BCUT2D eigenvalue weighted by Gasteiger charge is -2.41. The van der Waals surface area contributed by atoms with E-state index in [2.05, 4.69) is 13.2 Å². The number of aliphatic hydroxyl groups excluding tert-OH is 2. The lowest BCUT2D eigenvalue weighted by Crippen LogP contribution is -2.59. The van der Waals surface area contributed by atoms with E-state index in [1.165, 1.54) is 33.8 Å². The Bertz CT molecular complexity index is 734. The number of aliphatic hydroxyl groups is 2. The molecule has 2 aliphatic heterocycles. The van der Waals surface area contributed by atoms with Gasteiger partial charge < -0.3 is 24.4 Å². The van der Waals surface area contributed by atoms with Gasteiger partial charge in [0.2, 0.25) is 0 Å². The predicted octanol–water partition coefficient (Wildman–Crippen LogP) is 0.576. The quantitative estimate of drug-likeness (QED) is 0.414. The van der Waals surface area contributed by atoms with Crippen molar-refractivity contribution in [2.24, 2.45) is 5.92 Å². The SMILES string of the molecule is C=C(C)C(=O)O[C@H]1[C@H]2C(=C)C(=O)O[C@@H]2/C=C(/C)C(=O)O[C@@](C)([C@H](C)O)[C@H]1O. The first kappa shape index (κ1) is 20.9. The van der Waals surface area contributed by atoms with Gasteiger partial charge in [-0.05, 0) is 33.8 Å². The van der Waals surface area contributed by atoms with Crippen LogP contribution in [0.2, 0.25) is 0 Å². The molecule has 0 aromatic rings.